The fraction of sp³-hybridized carbons (Fsp3) is 0.600. The molecule has 2 rings (SSSR count). The molecule has 0 saturated heterocycles. The lowest BCUT2D eigenvalue weighted by molar-refractivity contribution is -0.137. The zero-order valence-electron chi connectivity index (χ0n) is 11.7. The highest BCUT2D eigenvalue weighted by Gasteiger charge is 2.31. The summed E-state index contributed by atoms with van der Waals surface area (Å²) in [6.45, 7) is 4.39. The summed E-state index contributed by atoms with van der Waals surface area (Å²) in [6.07, 6.45) is -1.42. The summed E-state index contributed by atoms with van der Waals surface area (Å²) >= 11 is 0. The molecule has 0 spiro atoms. The van der Waals surface area contributed by atoms with Crippen LogP contribution in [0.15, 0.2) is 18.2 Å². The monoisotopic (exact) mass is 287 g/mol. The van der Waals surface area contributed by atoms with Gasteiger partial charge >= 0.3 is 6.18 Å². The summed E-state index contributed by atoms with van der Waals surface area (Å²) in [5, 5.41) is 0. The third kappa shape index (κ3) is 3.38. The molecular formula is C15H20F3NO. The normalized spacial score (nSPS) is 27.4. The zero-order chi connectivity index (χ0) is 14.9. The number of rotatable bonds is 2. The first-order valence-electron chi connectivity index (χ1n) is 6.90. The van der Waals surface area contributed by atoms with E-state index in [1.807, 2.05) is 0 Å². The van der Waals surface area contributed by atoms with E-state index < -0.39 is 11.7 Å². The Bertz CT molecular complexity index is 473. The second-order valence-electron chi connectivity index (χ2n) is 5.76. The molecule has 2 N–H and O–H groups in total. The second kappa shape index (κ2) is 5.54. The van der Waals surface area contributed by atoms with Gasteiger partial charge < -0.3 is 10.5 Å². The SMILES string of the molecule is CC1CCC(Oc2ccc(C(F)(F)F)cc2N)CC1C. The van der Waals surface area contributed by atoms with E-state index in [1.165, 1.54) is 6.07 Å². The van der Waals surface area contributed by atoms with Crippen LogP contribution in [0.1, 0.15) is 38.7 Å². The van der Waals surface area contributed by atoms with Gasteiger partial charge in [-0.3, -0.25) is 0 Å². The molecule has 1 saturated carbocycles. The highest BCUT2D eigenvalue weighted by Crippen LogP contribution is 2.36. The summed E-state index contributed by atoms with van der Waals surface area (Å²) < 4.78 is 43.4. The van der Waals surface area contributed by atoms with Gasteiger partial charge in [0.15, 0.2) is 0 Å². The number of halogens is 3. The summed E-state index contributed by atoms with van der Waals surface area (Å²) in [6, 6.07) is 3.27. The molecule has 1 aliphatic carbocycles. The van der Waals surface area contributed by atoms with Gasteiger partial charge in [0.2, 0.25) is 0 Å². The number of hydrogen-bond donors (Lipinski definition) is 1. The number of nitrogens with two attached hydrogens (primary N) is 1. The number of ether oxygens (including phenoxy) is 1. The number of benzene rings is 1. The third-order valence-electron chi connectivity index (χ3n) is 4.18. The molecule has 0 aromatic heterocycles. The molecule has 1 fully saturated rings. The van der Waals surface area contributed by atoms with E-state index in [4.69, 9.17) is 10.5 Å². The molecule has 0 aliphatic heterocycles. The molecule has 3 unspecified atom stereocenters. The van der Waals surface area contributed by atoms with Gasteiger partial charge in [0.25, 0.3) is 0 Å². The summed E-state index contributed by atoms with van der Waals surface area (Å²) in [7, 11) is 0. The number of alkyl halides is 3. The van der Waals surface area contributed by atoms with Gasteiger partial charge in [0.05, 0.1) is 17.4 Å². The van der Waals surface area contributed by atoms with Crippen molar-refractivity contribution in [1.29, 1.82) is 0 Å². The molecule has 0 radical (unpaired) electrons. The van der Waals surface area contributed by atoms with Crippen LogP contribution in [0.2, 0.25) is 0 Å². The topological polar surface area (TPSA) is 35.2 Å². The third-order valence-corrected chi connectivity index (χ3v) is 4.18. The van der Waals surface area contributed by atoms with Crippen LogP contribution in [-0.4, -0.2) is 6.10 Å². The lowest BCUT2D eigenvalue weighted by Gasteiger charge is -2.32. The largest absolute Gasteiger partial charge is 0.488 e. The first kappa shape index (κ1) is 15.0. The van der Waals surface area contributed by atoms with Crippen LogP contribution in [-0.2, 0) is 6.18 Å². The Morgan fingerprint density at radius 1 is 1.15 bits per heavy atom. The molecule has 5 heteroatoms. The molecule has 112 valence electrons. The zero-order valence-corrected chi connectivity index (χ0v) is 11.7. The van der Waals surface area contributed by atoms with Crippen LogP contribution < -0.4 is 10.5 Å². The highest BCUT2D eigenvalue weighted by molar-refractivity contribution is 5.54. The predicted molar refractivity (Wildman–Crippen MR) is 72.5 cm³/mol. The summed E-state index contributed by atoms with van der Waals surface area (Å²) in [5.41, 5.74) is 4.98. The van der Waals surface area contributed by atoms with Gasteiger partial charge in [-0.15, -0.1) is 0 Å². The van der Waals surface area contributed by atoms with Crippen molar-refractivity contribution in [3.05, 3.63) is 23.8 Å². The van der Waals surface area contributed by atoms with Crippen molar-refractivity contribution >= 4 is 5.69 Å². The van der Waals surface area contributed by atoms with Gasteiger partial charge in [-0.25, -0.2) is 0 Å². The van der Waals surface area contributed by atoms with Gasteiger partial charge in [-0.1, -0.05) is 13.8 Å². The van der Waals surface area contributed by atoms with E-state index in [9.17, 15) is 13.2 Å². The fourth-order valence-electron chi connectivity index (χ4n) is 2.62. The van der Waals surface area contributed by atoms with Crippen molar-refractivity contribution in [2.45, 2.75) is 45.4 Å². The predicted octanol–water partition coefficient (Wildman–Crippen LogP) is 4.49. The van der Waals surface area contributed by atoms with Crippen LogP contribution in [0.4, 0.5) is 18.9 Å². The van der Waals surface area contributed by atoms with E-state index in [1.54, 1.807) is 0 Å². The van der Waals surface area contributed by atoms with E-state index in [2.05, 4.69) is 13.8 Å². The van der Waals surface area contributed by atoms with E-state index >= 15 is 0 Å². The highest BCUT2D eigenvalue weighted by atomic mass is 19.4. The van der Waals surface area contributed by atoms with Gasteiger partial charge in [0, 0.05) is 0 Å². The Hall–Kier alpha value is -1.39. The Balaban J connectivity index is 2.07. The Morgan fingerprint density at radius 3 is 2.40 bits per heavy atom. The van der Waals surface area contributed by atoms with Crippen molar-refractivity contribution in [3.63, 3.8) is 0 Å². The first-order valence-corrected chi connectivity index (χ1v) is 6.90. The second-order valence-corrected chi connectivity index (χ2v) is 5.76. The van der Waals surface area contributed by atoms with Crippen LogP contribution in [0, 0.1) is 11.8 Å². The van der Waals surface area contributed by atoms with Crippen LogP contribution >= 0.6 is 0 Å². The Labute approximate surface area is 117 Å². The summed E-state index contributed by atoms with van der Waals surface area (Å²) in [5.74, 6) is 1.58. The minimum atomic E-state index is -4.37. The molecule has 1 aliphatic rings. The van der Waals surface area contributed by atoms with E-state index in [0.717, 1.165) is 31.4 Å². The fourth-order valence-corrected chi connectivity index (χ4v) is 2.62. The van der Waals surface area contributed by atoms with E-state index in [-0.39, 0.29) is 11.8 Å². The maximum atomic E-state index is 12.6. The average molecular weight is 287 g/mol. The van der Waals surface area contributed by atoms with Gasteiger partial charge in [-0.2, -0.15) is 13.2 Å². The molecule has 0 amide bonds. The average Bonchev–Trinajstić information content (AvgIpc) is 2.35. The number of nitrogen functional groups attached to an aromatic ring is 1. The molecule has 1 aromatic rings. The van der Waals surface area contributed by atoms with Gasteiger partial charge in [-0.05, 0) is 49.3 Å². The minimum absolute atomic E-state index is 0.0419. The molecule has 0 bridgehead atoms. The van der Waals surface area contributed by atoms with Crippen molar-refractivity contribution in [1.82, 2.24) is 0 Å². The van der Waals surface area contributed by atoms with Crippen molar-refractivity contribution in [3.8, 4) is 5.75 Å². The minimum Gasteiger partial charge on any atom is -0.488 e. The Morgan fingerprint density at radius 2 is 1.85 bits per heavy atom. The van der Waals surface area contributed by atoms with Crippen molar-refractivity contribution in [2.24, 2.45) is 11.8 Å². The molecule has 3 atom stereocenters. The smallest absolute Gasteiger partial charge is 0.416 e. The molecule has 2 nitrogen and oxygen atoms in total. The molecule has 1 aromatic carbocycles. The van der Waals surface area contributed by atoms with Crippen LogP contribution in [0.5, 0.6) is 5.75 Å². The van der Waals surface area contributed by atoms with Crippen LogP contribution in [0.3, 0.4) is 0 Å². The lowest BCUT2D eigenvalue weighted by atomic mass is 9.80. The number of hydrogen-bond acceptors (Lipinski definition) is 2. The quantitative estimate of drug-likeness (QED) is 0.813. The molecule has 0 heterocycles. The van der Waals surface area contributed by atoms with Crippen molar-refractivity contribution in [2.75, 3.05) is 5.73 Å². The standard InChI is InChI=1S/C15H20F3NO/c1-9-3-5-12(7-10(9)2)20-14-6-4-11(8-13(14)19)15(16,17)18/h4,6,8-10,12H,3,5,7,19H2,1-2H3. The van der Waals surface area contributed by atoms with E-state index in [0.29, 0.717) is 17.6 Å². The molecule has 20 heavy (non-hydrogen) atoms. The maximum Gasteiger partial charge on any atom is 0.416 e. The number of anilines is 1. The lowest BCUT2D eigenvalue weighted by Crippen LogP contribution is -2.29. The molecular weight excluding hydrogens is 267 g/mol. The van der Waals surface area contributed by atoms with Gasteiger partial charge in [0.1, 0.15) is 5.75 Å². The maximum absolute atomic E-state index is 12.6. The first-order chi connectivity index (χ1) is 9.27. The summed E-state index contributed by atoms with van der Waals surface area (Å²) in [4.78, 5) is 0. The van der Waals surface area contributed by atoms with Crippen LogP contribution in [0.25, 0.3) is 0 Å². The van der Waals surface area contributed by atoms with Crippen molar-refractivity contribution < 1.29 is 17.9 Å². The Kier molecular flexibility index (Phi) is 4.16.